The average Bonchev–Trinajstić information content (AvgIpc) is 3.19. The molecule has 1 aromatic carbocycles. The summed E-state index contributed by atoms with van der Waals surface area (Å²) in [7, 11) is 0. The van der Waals surface area contributed by atoms with Crippen LogP contribution in [0.25, 0.3) is 0 Å². The molecule has 1 fully saturated rings. The largest absolute Gasteiger partial charge is 0.351 e. The number of amides is 2. The molecular weight excluding hydrogens is 264 g/mol. The molecule has 2 amide bonds. The molecule has 0 aromatic heterocycles. The predicted molar refractivity (Wildman–Crippen MR) is 84.0 cm³/mol. The number of anilines is 1. The highest BCUT2D eigenvalue weighted by atomic mass is 16.2. The van der Waals surface area contributed by atoms with Gasteiger partial charge in [0, 0.05) is 17.8 Å². The first-order valence-electron chi connectivity index (χ1n) is 7.52. The Kier molecular flexibility index (Phi) is 4.35. The zero-order chi connectivity index (χ0) is 15.6. The van der Waals surface area contributed by atoms with Crippen LogP contribution in [0.5, 0.6) is 0 Å². The Morgan fingerprint density at radius 1 is 1.19 bits per heavy atom. The third kappa shape index (κ3) is 3.84. The van der Waals surface area contributed by atoms with Crippen molar-refractivity contribution in [1.82, 2.24) is 5.32 Å². The van der Waals surface area contributed by atoms with Gasteiger partial charge < -0.3 is 10.2 Å². The lowest BCUT2D eigenvalue weighted by molar-refractivity contribution is -0.127. The number of hydrogen-bond donors (Lipinski definition) is 1. The highest BCUT2D eigenvalue weighted by Gasteiger charge is 2.50. The molecule has 0 heterocycles. The summed E-state index contributed by atoms with van der Waals surface area (Å²) >= 11 is 0. The summed E-state index contributed by atoms with van der Waals surface area (Å²) in [5.74, 6) is -0.301. The Morgan fingerprint density at radius 3 is 2.33 bits per heavy atom. The lowest BCUT2D eigenvalue weighted by Gasteiger charge is -2.22. The zero-order valence-corrected chi connectivity index (χ0v) is 13.2. The molecule has 0 spiro atoms. The second-order valence-corrected chi connectivity index (χ2v) is 6.61. The Bertz CT molecular complexity index is 519. The molecule has 114 valence electrons. The minimum Gasteiger partial charge on any atom is -0.351 e. The van der Waals surface area contributed by atoms with Crippen LogP contribution in [0.4, 0.5) is 5.69 Å². The fourth-order valence-electron chi connectivity index (χ4n) is 2.49. The lowest BCUT2D eigenvalue weighted by atomic mass is 10.1. The molecule has 4 nitrogen and oxygen atoms in total. The van der Waals surface area contributed by atoms with E-state index in [0.29, 0.717) is 13.0 Å². The van der Waals surface area contributed by atoms with Crippen LogP contribution in [0.1, 0.15) is 34.1 Å². The molecule has 0 bridgehead atoms. The normalized spacial score (nSPS) is 20.8. The summed E-state index contributed by atoms with van der Waals surface area (Å²) in [6.45, 7) is 8.43. The van der Waals surface area contributed by atoms with Crippen LogP contribution < -0.4 is 10.2 Å². The highest BCUT2D eigenvalue weighted by Crippen LogP contribution is 2.41. The number of nitrogens with zero attached hydrogens (tertiary/aromatic N) is 1. The van der Waals surface area contributed by atoms with E-state index in [1.165, 1.54) is 0 Å². The van der Waals surface area contributed by atoms with Crippen LogP contribution in [-0.4, -0.2) is 23.9 Å². The van der Waals surface area contributed by atoms with Gasteiger partial charge in [0.05, 0.1) is 11.8 Å². The van der Waals surface area contributed by atoms with Gasteiger partial charge in [-0.15, -0.1) is 0 Å². The fourth-order valence-corrected chi connectivity index (χ4v) is 2.49. The molecule has 1 saturated carbocycles. The minimum absolute atomic E-state index is 0.00929. The molecule has 2 atom stereocenters. The van der Waals surface area contributed by atoms with Gasteiger partial charge in [-0.3, -0.25) is 9.59 Å². The molecular formula is C17H24N2O2. The molecule has 1 aromatic rings. The monoisotopic (exact) mass is 288 g/mol. The average molecular weight is 288 g/mol. The number of hydrogen-bond acceptors (Lipinski definition) is 2. The van der Waals surface area contributed by atoms with Gasteiger partial charge in [0.1, 0.15) is 0 Å². The maximum atomic E-state index is 12.6. The van der Waals surface area contributed by atoms with E-state index >= 15 is 0 Å². The van der Waals surface area contributed by atoms with Gasteiger partial charge in [-0.25, -0.2) is 0 Å². The van der Waals surface area contributed by atoms with Gasteiger partial charge in [-0.1, -0.05) is 18.2 Å². The van der Waals surface area contributed by atoms with Gasteiger partial charge in [0.25, 0.3) is 0 Å². The van der Waals surface area contributed by atoms with Crippen molar-refractivity contribution in [2.75, 3.05) is 11.4 Å². The van der Waals surface area contributed by atoms with Crippen molar-refractivity contribution in [3.05, 3.63) is 30.3 Å². The first-order chi connectivity index (χ1) is 9.83. The predicted octanol–water partition coefficient (Wildman–Crippen LogP) is 2.59. The topological polar surface area (TPSA) is 49.4 Å². The molecule has 1 N–H and O–H groups in total. The second kappa shape index (κ2) is 5.88. The number of rotatable bonds is 4. The summed E-state index contributed by atoms with van der Waals surface area (Å²) < 4.78 is 0. The number of para-hydroxylation sites is 1. The van der Waals surface area contributed by atoms with Crippen molar-refractivity contribution < 1.29 is 9.59 Å². The zero-order valence-electron chi connectivity index (χ0n) is 13.2. The van der Waals surface area contributed by atoms with Gasteiger partial charge in [0.2, 0.25) is 11.8 Å². The van der Waals surface area contributed by atoms with E-state index in [2.05, 4.69) is 5.32 Å². The van der Waals surface area contributed by atoms with Gasteiger partial charge in [-0.05, 0) is 46.2 Å². The first-order valence-corrected chi connectivity index (χ1v) is 7.52. The van der Waals surface area contributed by atoms with Gasteiger partial charge in [0.15, 0.2) is 0 Å². The van der Waals surface area contributed by atoms with Crippen molar-refractivity contribution in [3.63, 3.8) is 0 Å². The molecule has 1 aliphatic carbocycles. The quantitative estimate of drug-likeness (QED) is 0.926. The van der Waals surface area contributed by atoms with Crippen molar-refractivity contribution in [1.29, 1.82) is 0 Å². The van der Waals surface area contributed by atoms with Crippen LogP contribution >= 0.6 is 0 Å². The number of carbonyl (C=O) groups excluding carboxylic acids is 2. The summed E-state index contributed by atoms with van der Waals surface area (Å²) in [5.41, 5.74) is 0.642. The van der Waals surface area contributed by atoms with E-state index in [9.17, 15) is 9.59 Å². The third-order valence-electron chi connectivity index (χ3n) is 3.59. The fraction of sp³-hybridized carbons (Fsp3) is 0.529. The van der Waals surface area contributed by atoms with Crippen molar-refractivity contribution in [3.8, 4) is 0 Å². The second-order valence-electron chi connectivity index (χ2n) is 6.61. The molecule has 4 heteroatoms. The summed E-state index contributed by atoms with van der Waals surface area (Å²) in [6.07, 6.45) is 0.657. The molecule has 0 radical (unpaired) electrons. The number of nitrogens with one attached hydrogen (secondary N) is 1. The van der Waals surface area contributed by atoms with E-state index in [-0.39, 0.29) is 29.2 Å². The molecule has 2 unspecified atom stereocenters. The Hall–Kier alpha value is -1.84. The summed E-state index contributed by atoms with van der Waals surface area (Å²) in [6, 6.07) is 9.62. The molecule has 0 saturated heterocycles. The van der Waals surface area contributed by atoms with Crippen LogP contribution in [0.3, 0.4) is 0 Å². The Balaban J connectivity index is 2.00. The molecule has 0 aliphatic heterocycles. The Labute approximate surface area is 126 Å². The maximum Gasteiger partial charge on any atom is 0.230 e. The SMILES string of the molecule is CCN(C(=O)C1CC1C(=O)NC(C)(C)C)c1ccccc1. The molecule has 2 rings (SSSR count). The van der Waals surface area contributed by atoms with E-state index in [4.69, 9.17) is 0 Å². The highest BCUT2D eigenvalue weighted by molar-refractivity contribution is 6.01. The van der Waals surface area contributed by atoms with Crippen LogP contribution in [-0.2, 0) is 9.59 Å². The third-order valence-corrected chi connectivity index (χ3v) is 3.59. The lowest BCUT2D eigenvalue weighted by Crippen LogP contribution is -2.42. The van der Waals surface area contributed by atoms with E-state index in [1.54, 1.807) is 4.90 Å². The molecule has 21 heavy (non-hydrogen) atoms. The smallest absolute Gasteiger partial charge is 0.230 e. The standard InChI is InChI=1S/C17H24N2O2/c1-5-19(12-9-7-6-8-10-12)16(21)14-11-13(14)15(20)18-17(2,3)4/h6-10,13-14H,5,11H2,1-4H3,(H,18,20). The first kappa shape index (κ1) is 15.5. The Morgan fingerprint density at radius 2 is 1.81 bits per heavy atom. The van der Waals surface area contributed by atoms with E-state index in [0.717, 1.165) is 5.69 Å². The summed E-state index contributed by atoms with van der Waals surface area (Å²) in [4.78, 5) is 26.4. The van der Waals surface area contributed by atoms with E-state index in [1.807, 2.05) is 58.0 Å². The minimum atomic E-state index is -0.253. The van der Waals surface area contributed by atoms with Crippen LogP contribution in [0.2, 0.25) is 0 Å². The number of carbonyl (C=O) groups is 2. The van der Waals surface area contributed by atoms with E-state index < -0.39 is 0 Å². The van der Waals surface area contributed by atoms with Crippen molar-refractivity contribution >= 4 is 17.5 Å². The van der Waals surface area contributed by atoms with Crippen LogP contribution in [0.15, 0.2) is 30.3 Å². The van der Waals surface area contributed by atoms with Crippen LogP contribution in [0, 0.1) is 11.8 Å². The van der Waals surface area contributed by atoms with Crippen molar-refractivity contribution in [2.45, 2.75) is 39.7 Å². The molecule has 1 aliphatic rings. The maximum absolute atomic E-state index is 12.6. The van der Waals surface area contributed by atoms with Gasteiger partial charge >= 0.3 is 0 Å². The summed E-state index contributed by atoms with van der Waals surface area (Å²) in [5, 5.41) is 2.95. The number of benzene rings is 1. The van der Waals surface area contributed by atoms with Crippen molar-refractivity contribution in [2.24, 2.45) is 11.8 Å². The van der Waals surface area contributed by atoms with Gasteiger partial charge in [-0.2, -0.15) is 0 Å².